The molecule has 8 heteroatoms. The van der Waals surface area contributed by atoms with Crippen molar-refractivity contribution in [2.75, 3.05) is 19.0 Å². The van der Waals surface area contributed by atoms with E-state index in [-0.39, 0.29) is 16.8 Å². The highest BCUT2D eigenvalue weighted by Gasteiger charge is 2.48. The van der Waals surface area contributed by atoms with Gasteiger partial charge in [0.25, 0.3) is 0 Å². The number of benzene rings is 1. The molecule has 0 bridgehead atoms. The summed E-state index contributed by atoms with van der Waals surface area (Å²) in [4.78, 5) is 9.19. The lowest BCUT2D eigenvalue weighted by atomic mass is 9.67. The summed E-state index contributed by atoms with van der Waals surface area (Å²) in [5, 5.41) is 26.7. The first-order valence-electron chi connectivity index (χ1n) is 8.96. The minimum absolute atomic E-state index is 0.119. The van der Waals surface area contributed by atoms with E-state index >= 15 is 0 Å². The molecule has 27 heavy (non-hydrogen) atoms. The zero-order valence-electron chi connectivity index (χ0n) is 14.7. The fourth-order valence-electron chi connectivity index (χ4n) is 4.75. The van der Waals surface area contributed by atoms with Gasteiger partial charge in [0, 0.05) is 51.8 Å². The van der Waals surface area contributed by atoms with E-state index < -0.39 is 11.5 Å². The molecule has 3 heterocycles. The summed E-state index contributed by atoms with van der Waals surface area (Å²) < 4.78 is 6.37. The lowest BCUT2D eigenvalue weighted by molar-refractivity contribution is 0.0877. The van der Waals surface area contributed by atoms with E-state index in [2.05, 4.69) is 48.2 Å². The number of phenols is 1. The minimum atomic E-state index is -0.600. The van der Waals surface area contributed by atoms with Crippen LogP contribution in [0.1, 0.15) is 24.8 Å². The maximum Gasteiger partial charge on any atom is 0.165 e. The molecule has 4 unspecified atom stereocenters. The van der Waals surface area contributed by atoms with E-state index in [1.807, 2.05) is 6.21 Å². The first-order valence-corrected chi connectivity index (χ1v) is 10.7. The molecule has 4 atom stereocenters. The predicted molar refractivity (Wildman–Crippen MR) is 111 cm³/mol. The van der Waals surface area contributed by atoms with Crippen LogP contribution in [-0.2, 0) is 10.2 Å². The second-order valence-corrected chi connectivity index (χ2v) is 9.60. The Balaban J connectivity index is 1.89. The summed E-state index contributed by atoms with van der Waals surface area (Å²) in [6.07, 6.45) is 5.24. The van der Waals surface area contributed by atoms with Crippen molar-refractivity contribution in [3.8, 4) is 5.75 Å². The molecule has 0 aromatic heterocycles. The Morgan fingerprint density at radius 1 is 1.37 bits per heavy atom. The Hall–Kier alpha value is -1.22. The van der Waals surface area contributed by atoms with Crippen LogP contribution >= 0.6 is 31.9 Å². The van der Waals surface area contributed by atoms with Crippen molar-refractivity contribution >= 4 is 55.0 Å². The van der Waals surface area contributed by atoms with E-state index in [9.17, 15) is 10.2 Å². The lowest BCUT2D eigenvalue weighted by Gasteiger charge is -2.45. The summed E-state index contributed by atoms with van der Waals surface area (Å²) in [6, 6.07) is 0. The van der Waals surface area contributed by atoms with E-state index in [0.717, 1.165) is 32.6 Å². The van der Waals surface area contributed by atoms with Crippen molar-refractivity contribution in [3.63, 3.8) is 0 Å². The maximum absolute atomic E-state index is 11.0. The highest BCUT2D eigenvalue weighted by Crippen LogP contribution is 2.51. The van der Waals surface area contributed by atoms with Crippen LogP contribution in [0.5, 0.6) is 5.75 Å². The van der Waals surface area contributed by atoms with E-state index in [4.69, 9.17) is 9.73 Å². The number of ether oxygens (including phenoxy) is 1. The van der Waals surface area contributed by atoms with Crippen LogP contribution in [0.4, 0.5) is 11.4 Å². The molecular weight excluding hydrogens is 478 g/mol. The Labute approximate surface area is 173 Å². The van der Waals surface area contributed by atoms with Gasteiger partial charge in [-0.3, -0.25) is 9.98 Å². The summed E-state index contributed by atoms with van der Waals surface area (Å²) in [5.41, 5.74) is 2.91. The normalized spacial score (nSPS) is 33.3. The van der Waals surface area contributed by atoms with Gasteiger partial charge in [0.15, 0.2) is 5.75 Å². The number of anilines is 1. The highest BCUT2D eigenvalue weighted by molar-refractivity contribution is 9.12. The SMILES string of the molecule is COC1CC2(C=C(Br)C(O)C(Br)C2)c2c(c(O)c3c4c2=NCCC=4C=N3)N1. The molecule has 0 saturated carbocycles. The number of aliphatic hydroxyl groups is 1. The molecule has 6 nitrogen and oxygen atoms in total. The number of hydrogen-bond acceptors (Lipinski definition) is 6. The van der Waals surface area contributed by atoms with Gasteiger partial charge >= 0.3 is 0 Å². The lowest BCUT2D eigenvalue weighted by Crippen LogP contribution is -2.51. The Kier molecular flexibility index (Phi) is 4.06. The molecule has 1 aromatic rings. The molecule has 4 aliphatic rings. The number of aliphatic imine (C=N–C) groups is 1. The third-order valence-corrected chi connectivity index (χ3v) is 7.50. The zero-order chi connectivity index (χ0) is 18.9. The molecular formula is C19H19Br2N3O3. The number of methoxy groups -OCH3 is 1. The van der Waals surface area contributed by atoms with Gasteiger partial charge in [-0.05, 0) is 18.4 Å². The average Bonchev–Trinajstić information content (AvgIpc) is 3.09. The van der Waals surface area contributed by atoms with Gasteiger partial charge in [0.05, 0.1) is 17.1 Å². The largest absolute Gasteiger partial charge is 0.504 e. The molecule has 1 aromatic carbocycles. The quantitative estimate of drug-likeness (QED) is 0.410. The fourth-order valence-corrected chi connectivity index (χ4v) is 6.73. The number of alkyl halides is 1. The van der Waals surface area contributed by atoms with Crippen molar-refractivity contribution in [1.29, 1.82) is 0 Å². The molecule has 0 saturated heterocycles. The molecule has 3 aliphatic heterocycles. The predicted octanol–water partition coefficient (Wildman–Crippen LogP) is 2.11. The van der Waals surface area contributed by atoms with Gasteiger partial charge in [-0.1, -0.05) is 37.9 Å². The second kappa shape index (κ2) is 6.14. The van der Waals surface area contributed by atoms with E-state index in [1.165, 1.54) is 0 Å². The summed E-state index contributed by atoms with van der Waals surface area (Å²) >= 11 is 7.19. The van der Waals surface area contributed by atoms with Crippen LogP contribution in [0.15, 0.2) is 20.5 Å². The smallest absolute Gasteiger partial charge is 0.165 e. The average molecular weight is 497 g/mol. The molecule has 142 valence electrons. The summed E-state index contributed by atoms with van der Waals surface area (Å²) in [7, 11) is 1.65. The fraction of sp³-hybridized carbons (Fsp3) is 0.474. The number of phenolic OH excluding ortho intramolecular Hbond substituents is 1. The summed E-state index contributed by atoms with van der Waals surface area (Å²) in [5.74, 6) is 0.148. The summed E-state index contributed by atoms with van der Waals surface area (Å²) in [6.45, 7) is 0.708. The topological polar surface area (TPSA) is 86.4 Å². The van der Waals surface area contributed by atoms with E-state index in [0.29, 0.717) is 30.8 Å². The van der Waals surface area contributed by atoms with Gasteiger partial charge in [-0.15, -0.1) is 0 Å². The van der Waals surface area contributed by atoms with Crippen LogP contribution in [0.3, 0.4) is 0 Å². The minimum Gasteiger partial charge on any atom is -0.504 e. The standard InChI is InChI=1S/C19H19Br2N3O3/c1-27-11-6-19(4-9(20)17(25)10(21)5-19)13-14-12-8(2-3-22-14)7-23-15(12)18(26)16(13)24-11/h4,7,10-11,17,24-26H,2-3,5-6H2,1H3. The van der Waals surface area contributed by atoms with Gasteiger partial charge in [-0.25, -0.2) is 0 Å². The van der Waals surface area contributed by atoms with Gasteiger partial charge in [-0.2, -0.15) is 0 Å². The number of aliphatic hydroxyl groups excluding tert-OH is 1. The highest BCUT2D eigenvalue weighted by atomic mass is 79.9. The van der Waals surface area contributed by atoms with Gasteiger partial charge in [0.1, 0.15) is 11.9 Å². The number of hydrogen-bond donors (Lipinski definition) is 3. The number of fused-ring (bicyclic) bond motifs is 3. The van der Waals surface area contributed by atoms with Crippen LogP contribution < -0.4 is 15.9 Å². The second-order valence-electron chi connectivity index (χ2n) is 7.51. The van der Waals surface area contributed by atoms with Gasteiger partial charge < -0.3 is 20.3 Å². The molecule has 1 spiro atoms. The van der Waals surface area contributed by atoms with Gasteiger partial charge in [0.2, 0.25) is 0 Å². The number of halogens is 2. The number of nitrogens with zero attached hydrogens (tertiary/aromatic N) is 2. The molecule has 3 N–H and O–H groups in total. The molecule has 0 fully saturated rings. The first-order chi connectivity index (χ1) is 12.9. The monoisotopic (exact) mass is 495 g/mol. The molecule has 0 amide bonds. The maximum atomic E-state index is 11.0. The van der Waals surface area contributed by atoms with Crippen LogP contribution in [-0.4, -0.2) is 47.2 Å². The number of rotatable bonds is 1. The van der Waals surface area contributed by atoms with Crippen molar-refractivity contribution < 1.29 is 14.9 Å². The van der Waals surface area contributed by atoms with Crippen molar-refractivity contribution in [2.24, 2.45) is 9.98 Å². The zero-order valence-corrected chi connectivity index (χ0v) is 17.8. The number of aromatic hydroxyl groups is 1. The number of allylic oxidation sites excluding steroid dienone is 1. The van der Waals surface area contributed by atoms with Crippen LogP contribution in [0.2, 0.25) is 0 Å². The first kappa shape index (κ1) is 17.8. The Morgan fingerprint density at radius 3 is 2.93 bits per heavy atom. The molecule has 5 rings (SSSR count). The number of nitrogens with one attached hydrogen (secondary N) is 1. The van der Waals surface area contributed by atoms with Crippen molar-refractivity contribution in [2.45, 2.75) is 41.8 Å². The molecule has 1 aliphatic carbocycles. The van der Waals surface area contributed by atoms with Crippen molar-refractivity contribution in [1.82, 2.24) is 0 Å². The van der Waals surface area contributed by atoms with E-state index in [1.54, 1.807) is 7.11 Å². The third kappa shape index (κ3) is 2.43. The Bertz CT molecular complexity index is 1040. The molecule has 0 radical (unpaired) electrons. The third-order valence-electron chi connectivity index (χ3n) is 5.98. The van der Waals surface area contributed by atoms with Crippen LogP contribution in [0.25, 0.3) is 5.57 Å². The Morgan fingerprint density at radius 2 is 2.19 bits per heavy atom. The van der Waals surface area contributed by atoms with Crippen molar-refractivity contribution in [3.05, 3.63) is 26.7 Å². The van der Waals surface area contributed by atoms with Crippen LogP contribution in [0, 0.1) is 0 Å².